The Labute approximate surface area is 146 Å². The van der Waals surface area contributed by atoms with Crippen molar-refractivity contribution in [1.82, 2.24) is 10.6 Å². The molecule has 138 valence electrons. The van der Waals surface area contributed by atoms with Gasteiger partial charge in [-0.05, 0) is 52.7 Å². The number of aliphatic hydroxyl groups is 2. The predicted molar refractivity (Wildman–Crippen MR) is 98.5 cm³/mol. The number of methoxy groups -OCH3 is 1. The van der Waals surface area contributed by atoms with Crippen LogP contribution < -0.4 is 15.4 Å². The summed E-state index contributed by atoms with van der Waals surface area (Å²) in [6, 6.07) is 6.30. The third-order valence-electron chi connectivity index (χ3n) is 3.83. The summed E-state index contributed by atoms with van der Waals surface area (Å²) in [5.41, 5.74) is 2.18. The molecular formula is C19H34N2O3. The Morgan fingerprint density at radius 1 is 1.12 bits per heavy atom. The first kappa shape index (κ1) is 20.9. The van der Waals surface area contributed by atoms with E-state index < -0.39 is 6.10 Å². The van der Waals surface area contributed by atoms with E-state index in [1.54, 1.807) is 7.11 Å². The third kappa shape index (κ3) is 7.62. The molecule has 0 amide bonds. The molecule has 4 N–H and O–H groups in total. The minimum Gasteiger partial charge on any atom is -0.496 e. The summed E-state index contributed by atoms with van der Waals surface area (Å²) in [4.78, 5) is 0. The SMILES string of the molecule is COc1cc(CC(C)(C)NCC(O)CO)ccc1CNC(C)(C)C. The Hall–Kier alpha value is -1.14. The molecule has 1 aromatic rings. The lowest BCUT2D eigenvalue weighted by atomic mass is 9.93. The van der Waals surface area contributed by atoms with Crippen LogP contribution in [0.25, 0.3) is 0 Å². The van der Waals surface area contributed by atoms with Crippen molar-refractivity contribution in [2.45, 2.75) is 64.8 Å². The van der Waals surface area contributed by atoms with Gasteiger partial charge in [-0.15, -0.1) is 0 Å². The fourth-order valence-corrected chi connectivity index (χ4v) is 2.44. The number of β-amino-alcohol motifs (C(OH)–C–C–N with tert-alkyl or cyclic N) is 1. The smallest absolute Gasteiger partial charge is 0.123 e. The number of aliphatic hydroxyl groups excluding tert-OH is 2. The van der Waals surface area contributed by atoms with Crippen LogP contribution in [0.2, 0.25) is 0 Å². The van der Waals surface area contributed by atoms with Crippen LogP contribution in [0.4, 0.5) is 0 Å². The number of ether oxygens (including phenoxy) is 1. The van der Waals surface area contributed by atoms with Gasteiger partial charge in [0.25, 0.3) is 0 Å². The second kappa shape index (κ2) is 8.81. The predicted octanol–water partition coefficient (Wildman–Crippen LogP) is 1.85. The van der Waals surface area contributed by atoms with Crippen LogP contribution in [-0.2, 0) is 13.0 Å². The van der Waals surface area contributed by atoms with E-state index in [4.69, 9.17) is 9.84 Å². The van der Waals surface area contributed by atoms with E-state index in [0.717, 1.165) is 24.3 Å². The molecule has 0 saturated carbocycles. The van der Waals surface area contributed by atoms with E-state index in [-0.39, 0.29) is 17.7 Å². The molecule has 5 nitrogen and oxygen atoms in total. The lowest BCUT2D eigenvalue weighted by molar-refractivity contribution is 0.0877. The third-order valence-corrected chi connectivity index (χ3v) is 3.83. The van der Waals surface area contributed by atoms with Crippen LogP contribution in [0, 0.1) is 0 Å². The molecule has 0 aliphatic carbocycles. The molecule has 0 fully saturated rings. The van der Waals surface area contributed by atoms with Gasteiger partial charge >= 0.3 is 0 Å². The summed E-state index contributed by atoms with van der Waals surface area (Å²) in [5, 5.41) is 25.2. The van der Waals surface area contributed by atoms with Crippen LogP contribution in [0.15, 0.2) is 18.2 Å². The lowest BCUT2D eigenvalue weighted by Gasteiger charge is -2.28. The summed E-state index contributed by atoms with van der Waals surface area (Å²) < 4.78 is 5.55. The fraction of sp³-hybridized carbons (Fsp3) is 0.684. The van der Waals surface area contributed by atoms with Gasteiger partial charge in [0.2, 0.25) is 0 Å². The molecule has 0 saturated heterocycles. The molecule has 0 bridgehead atoms. The lowest BCUT2D eigenvalue weighted by Crippen LogP contribution is -2.45. The van der Waals surface area contributed by atoms with Gasteiger partial charge in [0.15, 0.2) is 0 Å². The van der Waals surface area contributed by atoms with E-state index in [1.807, 2.05) is 0 Å². The van der Waals surface area contributed by atoms with Crippen molar-refractivity contribution in [3.05, 3.63) is 29.3 Å². The van der Waals surface area contributed by atoms with Gasteiger partial charge in [-0.25, -0.2) is 0 Å². The molecule has 1 atom stereocenters. The van der Waals surface area contributed by atoms with Crippen molar-refractivity contribution in [2.75, 3.05) is 20.3 Å². The number of nitrogens with one attached hydrogen (secondary N) is 2. The van der Waals surface area contributed by atoms with Crippen molar-refractivity contribution in [2.24, 2.45) is 0 Å². The highest BCUT2D eigenvalue weighted by atomic mass is 16.5. The molecule has 1 unspecified atom stereocenters. The Balaban J connectivity index is 2.75. The molecular weight excluding hydrogens is 304 g/mol. The van der Waals surface area contributed by atoms with E-state index >= 15 is 0 Å². The summed E-state index contributed by atoms with van der Waals surface area (Å²) in [6.45, 7) is 11.5. The maximum atomic E-state index is 9.49. The maximum Gasteiger partial charge on any atom is 0.123 e. The van der Waals surface area contributed by atoms with E-state index in [9.17, 15) is 5.11 Å². The first-order valence-electron chi connectivity index (χ1n) is 8.51. The normalized spacial score (nSPS) is 13.8. The van der Waals surface area contributed by atoms with Gasteiger partial charge in [-0.2, -0.15) is 0 Å². The average Bonchev–Trinajstić information content (AvgIpc) is 2.50. The minimum absolute atomic E-state index is 0.0587. The zero-order chi connectivity index (χ0) is 18.4. The Morgan fingerprint density at radius 3 is 2.33 bits per heavy atom. The first-order valence-corrected chi connectivity index (χ1v) is 8.51. The molecule has 0 heterocycles. The second-order valence-corrected chi connectivity index (χ2v) is 8.03. The molecule has 5 heteroatoms. The second-order valence-electron chi connectivity index (χ2n) is 8.03. The van der Waals surface area contributed by atoms with Gasteiger partial charge in [-0.1, -0.05) is 12.1 Å². The van der Waals surface area contributed by atoms with Crippen LogP contribution in [-0.4, -0.2) is 47.7 Å². The highest BCUT2D eigenvalue weighted by molar-refractivity contribution is 5.38. The summed E-state index contributed by atoms with van der Waals surface area (Å²) in [7, 11) is 1.70. The molecule has 24 heavy (non-hydrogen) atoms. The van der Waals surface area contributed by atoms with E-state index in [0.29, 0.717) is 6.54 Å². The zero-order valence-electron chi connectivity index (χ0n) is 15.9. The maximum absolute atomic E-state index is 9.49. The number of hydrogen-bond acceptors (Lipinski definition) is 5. The molecule has 1 aromatic carbocycles. The first-order chi connectivity index (χ1) is 11.1. The van der Waals surface area contributed by atoms with Crippen molar-refractivity contribution in [1.29, 1.82) is 0 Å². The zero-order valence-corrected chi connectivity index (χ0v) is 15.9. The molecule has 1 rings (SSSR count). The van der Waals surface area contributed by atoms with Crippen LogP contribution in [0.1, 0.15) is 45.7 Å². The molecule has 0 aliphatic rings. The standard InChI is InChI=1S/C19H34N2O3/c1-18(2,3)20-11-15-8-7-14(9-17(15)24-6)10-19(4,5)21-12-16(23)13-22/h7-9,16,20-23H,10-13H2,1-6H3. The van der Waals surface area contributed by atoms with Crippen molar-refractivity contribution in [3.8, 4) is 5.75 Å². The number of hydrogen-bond donors (Lipinski definition) is 4. The highest BCUT2D eigenvalue weighted by Gasteiger charge is 2.20. The van der Waals surface area contributed by atoms with Crippen molar-refractivity contribution < 1.29 is 14.9 Å². The monoisotopic (exact) mass is 338 g/mol. The van der Waals surface area contributed by atoms with Crippen molar-refractivity contribution in [3.63, 3.8) is 0 Å². The van der Waals surface area contributed by atoms with Gasteiger partial charge in [0, 0.05) is 29.7 Å². The molecule has 0 aliphatic heterocycles. The van der Waals surface area contributed by atoms with E-state index in [1.165, 1.54) is 5.56 Å². The average molecular weight is 338 g/mol. The van der Waals surface area contributed by atoms with Crippen molar-refractivity contribution >= 4 is 0 Å². The van der Waals surface area contributed by atoms with Crippen LogP contribution in [0.5, 0.6) is 5.75 Å². The van der Waals surface area contributed by atoms with Gasteiger partial charge in [0.1, 0.15) is 5.75 Å². The van der Waals surface area contributed by atoms with Gasteiger partial charge in [-0.3, -0.25) is 0 Å². The quantitative estimate of drug-likeness (QED) is 0.553. The fourth-order valence-electron chi connectivity index (χ4n) is 2.44. The summed E-state index contributed by atoms with van der Waals surface area (Å²) >= 11 is 0. The molecule has 0 radical (unpaired) electrons. The Kier molecular flexibility index (Phi) is 7.67. The van der Waals surface area contributed by atoms with Gasteiger partial charge in [0.05, 0.1) is 19.8 Å². The van der Waals surface area contributed by atoms with Gasteiger partial charge < -0.3 is 25.6 Å². The molecule has 0 aromatic heterocycles. The largest absolute Gasteiger partial charge is 0.496 e. The number of rotatable bonds is 9. The topological polar surface area (TPSA) is 73.8 Å². The summed E-state index contributed by atoms with van der Waals surface area (Å²) in [5.74, 6) is 0.885. The highest BCUT2D eigenvalue weighted by Crippen LogP contribution is 2.23. The minimum atomic E-state index is -0.732. The van der Waals surface area contributed by atoms with E-state index in [2.05, 4.69) is 63.5 Å². The van der Waals surface area contributed by atoms with Crippen LogP contribution in [0.3, 0.4) is 0 Å². The Bertz CT molecular complexity index is 510. The Morgan fingerprint density at radius 2 is 1.79 bits per heavy atom. The summed E-state index contributed by atoms with van der Waals surface area (Å²) in [6.07, 6.45) is 0.0683. The number of benzene rings is 1. The molecule has 0 spiro atoms. The van der Waals surface area contributed by atoms with Crippen LogP contribution >= 0.6 is 0 Å².